The van der Waals surface area contributed by atoms with Gasteiger partial charge in [-0.3, -0.25) is 4.98 Å². The van der Waals surface area contributed by atoms with Crippen molar-refractivity contribution in [3.05, 3.63) is 359 Å². The Bertz CT molecular complexity index is 6810. The Morgan fingerprint density at radius 1 is 0.331 bits per heavy atom. The highest BCUT2D eigenvalue weighted by Crippen LogP contribution is 2.40. The van der Waals surface area contributed by atoms with Crippen LogP contribution in [-0.2, 0) is 65.6 Å². The van der Waals surface area contributed by atoms with Crippen LogP contribution in [0.1, 0.15) is 160 Å². The Morgan fingerprint density at radius 2 is 0.677 bits per heavy atom. The molecule has 8 heterocycles. The Morgan fingerprint density at radius 3 is 1.09 bits per heavy atom. The Kier molecular flexibility index (Phi) is 32.7. The third-order valence-electron chi connectivity index (χ3n) is 26.0. The first-order valence-electron chi connectivity index (χ1n) is 46.2. The highest BCUT2D eigenvalue weighted by Gasteiger charge is 2.27. The molecule has 670 valence electrons. The lowest BCUT2D eigenvalue weighted by atomic mass is 9.89. The summed E-state index contributed by atoms with van der Waals surface area (Å²) in [5.41, 5.74) is 21.4. The van der Waals surface area contributed by atoms with Crippen LogP contribution in [0.4, 0.5) is 8.78 Å². The molecule has 0 bridgehead atoms. The van der Waals surface area contributed by atoms with Gasteiger partial charge >= 0.3 is 0 Å². The molecule has 18 aromatic rings. The van der Waals surface area contributed by atoms with E-state index in [1.54, 1.807) is 18.2 Å². The summed E-state index contributed by atoms with van der Waals surface area (Å²) in [4.78, 5) is 4.49. The van der Waals surface area contributed by atoms with E-state index in [1.165, 1.54) is 186 Å². The Labute approximate surface area is 795 Å². The van der Waals surface area contributed by atoms with Crippen molar-refractivity contribution in [3.63, 3.8) is 0 Å². The van der Waals surface area contributed by atoms with Crippen LogP contribution in [0.2, 0.25) is 0 Å². The minimum absolute atomic E-state index is 0. The number of rotatable bonds is 26. The van der Waals surface area contributed by atoms with Gasteiger partial charge in [-0.25, -0.2) is 8.78 Å². The zero-order valence-electron chi connectivity index (χ0n) is 75.9. The molecular formula is C113H119Br3F2N8O4. The maximum Gasteiger partial charge on any atom is 0.203 e. The van der Waals surface area contributed by atoms with E-state index in [2.05, 4.69) is 280 Å². The van der Waals surface area contributed by atoms with Gasteiger partial charge in [-0.1, -0.05) is 193 Å². The summed E-state index contributed by atoms with van der Waals surface area (Å²) in [5.74, 6) is 4.76. The molecule has 17 heteroatoms. The highest BCUT2D eigenvalue weighted by atomic mass is 79.9. The number of pyridine rings is 4. The molecule has 0 radical (unpaired) electrons. The molecule has 2 saturated carbocycles. The first kappa shape index (κ1) is 94.6. The van der Waals surface area contributed by atoms with Gasteiger partial charge in [0.05, 0.1) is 45.4 Å². The number of nitrogens with zero attached hydrogens (tertiary/aromatic N) is 8. The number of hydrogen-bond donors (Lipinski definition) is 0. The van der Waals surface area contributed by atoms with Crippen LogP contribution in [-0.4, -0.2) is 29.9 Å². The van der Waals surface area contributed by atoms with Gasteiger partial charge in [0.1, 0.15) is 71.0 Å². The molecule has 0 aliphatic heterocycles. The number of aryl methyl sites for hydroxylation is 7. The molecule has 2 aliphatic rings. The smallest absolute Gasteiger partial charge is 0.203 e. The van der Waals surface area contributed by atoms with E-state index < -0.39 is 0 Å². The average Bonchev–Trinajstić information content (AvgIpc) is 1.61. The van der Waals surface area contributed by atoms with Crippen molar-refractivity contribution < 1.29 is 92.4 Å². The minimum atomic E-state index is -0.185. The summed E-state index contributed by atoms with van der Waals surface area (Å²) in [7, 11) is 0. The molecule has 12 nitrogen and oxygen atoms in total. The van der Waals surface area contributed by atoms with Crippen molar-refractivity contribution in [1.82, 2.24) is 23.3 Å². The monoisotopic (exact) mass is 1930 g/mol. The summed E-state index contributed by atoms with van der Waals surface area (Å²) >= 11 is 0. The van der Waals surface area contributed by atoms with Crippen molar-refractivity contribution >= 4 is 87.2 Å². The summed E-state index contributed by atoms with van der Waals surface area (Å²) in [6.45, 7) is 23.9. The molecule has 10 aromatic carbocycles. The zero-order chi connectivity index (χ0) is 87.1. The van der Waals surface area contributed by atoms with E-state index >= 15 is 0 Å². The van der Waals surface area contributed by atoms with Gasteiger partial charge in [0, 0.05) is 150 Å². The quantitative estimate of drug-likeness (QED) is 0.0505. The van der Waals surface area contributed by atoms with E-state index in [0.29, 0.717) is 37.8 Å². The third kappa shape index (κ3) is 21.7. The van der Waals surface area contributed by atoms with Gasteiger partial charge in [0.15, 0.2) is 38.2 Å². The molecule has 130 heavy (non-hydrogen) atoms. The van der Waals surface area contributed by atoms with Crippen LogP contribution in [0.25, 0.3) is 87.2 Å². The summed E-state index contributed by atoms with van der Waals surface area (Å²) in [6.07, 6.45) is 25.0. The SMILES string of the molecule is CCCn1c2cc(OCc3ccccc3)ccc2c2cc[n+](Cc3ccccc3)c(C)c21.CCCn1c2cc(OCc3ccccc3)ccc2c2cc[n+](Cc3ccccc3F)c(C)c21.CCCn1c2cc(OCc3ccccc3)ccc2c2ccnc(C)c21.Cc1c2c(cc[n+]1Cc1ccc(F)cc1)c1ccc(OCC3CCCCC3)cc1n2CC1CCCCC1.[Br-].[Br-].[Br-]. The van der Waals surface area contributed by atoms with Crippen LogP contribution in [0.5, 0.6) is 23.0 Å². The van der Waals surface area contributed by atoms with Gasteiger partial charge < -0.3 is 88.2 Å². The highest BCUT2D eigenvalue weighted by molar-refractivity contribution is 6.11. The van der Waals surface area contributed by atoms with E-state index in [-0.39, 0.29) is 62.6 Å². The standard InChI is InChI=1S/C33H40FN2O.C29H28FN2O.C29H29N2O.C22H22N2O.3BrH/c1-24-33-31(18-19-35(24)21-26-12-14-28(34)15-13-26)30-17-16-29(37-23-27-10-6-3-7-11-27)20-32(30)36(33)22-25-8-4-2-5-9-25;1-3-16-32-28-18-24(33-20-22-9-5-4-6-10-22)13-14-25(28)26-15-17-31(21(2)29(26)32)19-23-11-7-8-12-27(23)30;1-3-17-31-28-19-25(32-21-24-12-8-5-9-13-24)14-15-26(28)27-16-18-30(22(2)29(27)31)20-23-10-6-4-7-11-23;1-3-13-24-21-14-18(25-15-17-7-5-4-6-8-17)9-10-19(21)20-11-12-23-16(2)22(20)24;;;/h12-20,25,27H,2-11,21-23H2,1H3;4-15,17-18H,3,16,19-20H2,1-2H3;4-16,18-19H,3,17,20-21H2,1-2H3;4-12,14H,3,13,15H2,1-2H3;3*1H/q3*+1;;;;/p-3. The molecule has 0 unspecified atom stereocenters. The van der Waals surface area contributed by atoms with Crippen LogP contribution < -0.4 is 83.6 Å². The maximum absolute atomic E-state index is 14.3. The number of ether oxygens (including phenoxy) is 4. The molecule has 0 amide bonds. The second-order valence-corrected chi connectivity index (χ2v) is 34.8. The molecule has 2 fully saturated rings. The van der Waals surface area contributed by atoms with Crippen LogP contribution in [0.3, 0.4) is 0 Å². The Balaban J connectivity index is 0.000000140. The molecular weight excluding hydrogens is 1810 g/mol. The van der Waals surface area contributed by atoms with E-state index in [4.69, 9.17) is 18.9 Å². The minimum Gasteiger partial charge on any atom is -1.00 e. The normalized spacial score (nSPS) is 12.8. The molecule has 0 atom stereocenters. The van der Waals surface area contributed by atoms with Crippen molar-refractivity contribution in [2.75, 3.05) is 6.61 Å². The van der Waals surface area contributed by atoms with Crippen LogP contribution in [0.15, 0.2) is 292 Å². The fourth-order valence-corrected chi connectivity index (χ4v) is 19.4. The third-order valence-corrected chi connectivity index (χ3v) is 26.0. The van der Waals surface area contributed by atoms with Gasteiger partial charge in [-0.05, 0) is 171 Å². The van der Waals surface area contributed by atoms with Gasteiger partial charge in [0.25, 0.3) is 0 Å². The molecule has 0 saturated heterocycles. The predicted octanol–water partition coefficient (Wildman–Crippen LogP) is 17.6. The van der Waals surface area contributed by atoms with Gasteiger partial charge in [-0.15, -0.1) is 0 Å². The van der Waals surface area contributed by atoms with Crippen molar-refractivity contribution in [3.8, 4) is 23.0 Å². The molecule has 20 rings (SSSR count). The van der Waals surface area contributed by atoms with Gasteiger partial charge in [0.2, 0.25) is 17.1 Å². The maximum atomic E-state index is 14.3. The van der Waals surface area contributed by atoms with Crippen molar-refractivity contribution in [2.24, 2.45) is 11.8 Å². The second kappa shape index (κ2) is 44.9. The molecule has 0 spiro atoms. The lowest BCUT2D eigenvalue weighted by Crippen LogP contribution is -3.00. The predicted molar refractivity (Wildman–Crippen MR) is 513 cm³/mol. The molecule has 2 aliphatic carbocycles. The van der Waals surface area contributed by atoms with E-state index in [1.807, 2.05) is 72.9 Å². The lowest BCUT2D eigenvalue weighted by molar-refractivity contribution is -0.693. The first-order chi connectivity index (χ1) is 62.3. The number of hydrogen-bond acceptors (Lipinski definition) is 5. The van der Waals surface area contributed by atoms with E-state index in [9.17, 15) is 8.78 Å². The summed E-state index contributed by atoms with van der Waals surface area (Å²) in [5, 5.41) is 10.2. The number of aromatic nitrogens is 8. The summed E-state index contributed by atoms with van der Waals surface area (Å²) < 4.78 is 69.1. The fraction of sp³-hybridized carbons (Fsp3) is 0.292. The van der Waals surface area contributed by atoms with Crippen LogP contribution in [0, 0.1) is 51.2 Å². The largest absolute Gasteiger partial charge is 1.00 e. The molecule has 8 aromatic heterocycles. The van der Waals surface area contributed by atoms with Crippen LogP contribution >= 0.6 is 0 Å². The zero-order valence-corrected chi connectivity index (χ0v) is 80.7. The fourth-order valence-electron chi connectivity index (χ4n) is 19.4. The first-order valence-corrected chi connectivity index (χ1v) is 46.2. The van der Waals surface area contributed by atoms with Gasteiger partial charge in [-0.2, -0.15) is 13.7 Å². The number of benzene rings is 10. The van der Waals surface area contributed by atoms with E-state index in [0.717, 1.165) is 117 Å². The molecule has 0 N–H and O–H groups in total. The lowest BCUT2D eigenvalue weighted by Gasteiger charge is -2.23. The number of fused-ring (bicyclic) bond motifs is 12. The van der Waals surface area contributed by atoms with Crippen molar-refractivity contribution in [1.29, 1.82) is 0 Å². The van der Waals surface area contributed by atoms with Crippen molar-refractivity contribution in [2.45, 2.75) is 198 Å². The average molecular weight is 1930 g/mol. The number of halogens is 5. The summed E-state index contributed by atoms with van der Waals surface area (Å²) in [6, 6.07) is 90.2. The second-order valence-electron chi connectivity index (χ2n) is 34.8. The topological polar surface area (TPSA) is 81.2 Å². The Hall–Kier alpha value is -11.5.